The minimum atomic E-state index is -0.308. The van der Waals surface area contributed by atoms with Crippen LogP contribution in [0.3, 0.4) is 0 Å². The minimum Gasteiger partial charge on any atom is -0.326 e. The number of anilines is 2. The van der Waals surface area contributed by atoms with Gasteiger partial charge in [-0.2, -0.15) is 0 Å². The van der Waals surface area contributed by atoms with Crippen molar-refractivity contribution < 1.29 is 9.59 Å². The number of hydrogen-bond acceptors (Lipinski definition) is 3. The molecule has 0 aliphatic carbocycles. The molecule has 2 aromatic carbocycles. The fraction of sp³-hybridized carbons (Fsp3) is 0.333. The lowest BCUT2D eigenvalue weighted by Gasteiger charge is -2.22. The van der Waals surface area contributed by atoms with Crippen molar-refractivity contribution in [3.8, 4) is 0 Å². The molecule has 3 N–H and O–H groups in total. The van der Waals surface area contributed by atoms with Crippen LogP contribution in [0, 0.1) is 5.92 Å². The van der Waals surface area contributed by atoms with Crippen LogP contribution in [0.25, 0.3) is 0 Å². The van der Waals surface area contributed by atoms with Crippen molar-refractivity contribution in [3.05, 3.63) is 59.1 Å². The summed E-state index contributed by atoms with van der Waals surface area (Å²) >= 11 is 6.18. The Morgan fingerprint density at radius 2 is 1.74 bits per heavy atom. The average Bonchev–Trinajstić information content (AvgIpc) is 2.69. The summed E-state index contributed by atoms with van der Waals surface area (Å²) in [5, 5.41) is 9.35. The van der Waals surface area contributed by atoms with E-state index in [1.165, 1.54) is 0 Å². The molecule has 0 atom stereocenters. The van der Waals surface area contributed by atoms with Gasteiger partial charge in [0.25, 0.3) is 5.91 Å². The molecule has 5 nitrogen and oxygen atoms in total. The normalized spacial score (nSPS) is 14.6. The number of halogens is 1. The van der Waals surface area contributed by atoms with E-state index in [-0.39, 0.29) is 11.8 Å². The molecule has 0 spiro atoms. The Morgan fingerprint density at radius 3 is 2.48 bits per heavy atom. The molecule has 27 heavy (non-hydrogen) atoms. The zero-order valence-corrected chi connectivity index (χ0v) is 15.9. The topological polar surface area (TPSA) is 70.2 Å². The number of carbonyl (C=O) groups excluding carboxylic acids is 2. The van der Waals surface area contributed by atoms with Crippen molar-refractivity contribution in [2.45, 2.75) is 25.7 Å². The van der Waals surface area contributed by atoms with Crippen LogP contribution in [-0.2, 0) is 4.79 Å². The molecule has 2 amide bonds. The Labute approximate surface area is 164 Å². The van der Waals surface area contributed by atoms with Gasteiger partial charge in [-0.1, -0.05) is 29.8 Å². The molecule has 142 valence electrons. The SMILES string of the molecule is O=C(CCC1CCNCC1)Nc1ccc(Cl)c(C(=O)Nc2ccccc2)c1. The lowest BCUT2D eigenvalue weighted by Crippen LogP contribution is -2.28. The fourth-order valence-electron chi connectivity index (χ4n) is 3.23. The standard InChI is InChI=1S/C21H24ClN3O2/c22-19-8-7-17(24-20(26)9-6-15-10-12-23-13-11-15)14-18(19)21(27)25-16-4-2-1-3-5-16/h1-5,7-8,14-15,23H,6,9-13H2,(H,24,26)(H,25,27). The molecule has 2 aromatic rings. The van der Waals surface area contributed by atoms with Gasteiger partial charge in [-0.05, 0) is 68.6 Å². The lowest BCUT2D eigenvalue weighted by atomic mass is 9.93. The first kappa shape index (κ1) is 19.4. The zero-order valence-electron chi connectivity index (χ0n) is 15.1. The highest BCUT2D eigenvalue weighted by molar-refractivity contribution is 6.34. The van der Waals surface area contributed by atoms with Crippen molar-refractivity contribution in [2.75, 3.05) is 23.7 Å². The summed E-state index contributed by atoms with van der Waals surface area (Å²) in [5.41, 5.74) is 1.60. The molecule has 1 fully saturated rings. The quantitative estimate of drug-likeness (QED) is 0.693. The van der Waals surface area contributed by atoms with Gasteiger partial charge in [0.2, 0.25) is 5.91 Å². The maximum atomic E-state index is 12.5. The highest BCUT2D eigenvalue weighted by atomic mass is 35.5. The van der Waals surface area contributed by atoms with Crippen LogP contribution >= 0.6 is 11.6 Å². The molecule has 0 saturated carbocycles. The van der Waals surface area contributed by atoms with E-state index in [1.54, 1.807) is 30.3 Å². The fourth-order valence-corrected chi connectivity index (χ4v) is 3.43. The third kappa shape index (κ3) is 5.81. The molecule has 1 saturated heterocycles. The summed E-state index contributed by atoms with van der Waals surface area (Å²) in [6, 6.07) is 14.1. The number of para-hydroxylation sites is 1. The molecular weight excluding hydrogens is 362 g/mol. The number of benzene rings is 2. The van der Waals surface area contributed by atoms with Gasteiger partial charge in [0.1, 0.15) is 0 Å². The van der Waals surface area contributed by atoms with Gasteiger partial charge in [-0.15, -0.1) is 0 Å². The first-order valence-corrected chi connectivity index (χ1v) is 9.66. The van der Waals surface area contributed by atoms with Crippen LogP contribution < -0.4 is 16.0 Å². The second kappa shape index (κ2) is 9.53. The number of rotatable bonds is 6. The zero-order chi connectivity index (χ0) is 19.1. The molecule has 0 aromatic heterocycles. The first-order chi connectivity index (χ1) is 13.1. The second-order valence-electron chi connectivity index (χ2n) is 6.80. The third-order valence-electron chi connectivity index (χ3n) is 4.76. The van der Waals surface area contributed by atoms with Crippen LogP contribution in [0.4, 0.5) is 11.4 Å². The van der Waals surface area contributed by atoms with Gasteiger partial charge >= 0.3 is 0 Å². The van der Waals surface area contributed by atoms with E-state index >= 15 is 0 Å². The molecule has 0 unspecified atom stereocenters. The molecule has 6 heteroatoms. The van der Waals surface area contributed by atoms with Crippen LogP contribution in [0.5, 0.6) is 0 Å². The van der Waals surface area contributed by atoms with E-state index < -0.39 is 0 Å². The van der Waals surface area contributed by atoms with Gasteiger partial charge in [0.05, 0.1) is 10.6 Å². The van der Waals surface area contributed by atoms with Crippen molar-refractivity contribution >= 4 is 34.8 Å². The van der Waals surface area contributed by atoms with Gasteiger partial charge in [-0.3, -0.25) is 9.59 Å². The van der Waals surface area contributed by atoms with E-state index in [9.17, 15) is 9.59 Å². The molecule has 1 aliphatic rings. The van der Waals surface area contributed by atoms with Crippen LogP contribution in [-0.4, -0.2) is 24.9 Å². The van der Waals surface area contributed by atoms with Crippen molar-refractivity contribution in [2.24, 2.45) is 5.92 Å². The van der Waals surface area contributed by atoms with Crippen LogP contribution in [0.1, 0.15) is 36.0 Å². The predicted molar refractivity (Wildman–Crippen MR) is 109 cm³/mol. The number of amides is 2. The monoisotopic (exact) mass is 385 g/mol. The Morgan fingerprint density at radius 1 is 1.00 bits per heavy atom. The summed E-state index contributed by atoms with van der Waals surface area (Å²) in [4.78, 5) is 24.7. The maximum Gasteiger partial charge on any atom is 0.257 e. The summed E-state index contributed by atoms with van der Waals surface area (Å²) < 4.78 is 0. The van der Waals surface area contributed by atoms with Crippen molar-refractivity contribution in [1.29, 1.82) is 0 Å². The molecule has 1 aliphatic heterocycles. The summed E-state index contributed by atoms with van der Waals surface area (Å²) in [6.45, 7) is 2.06. The largest absolute Gasteiger partial charge is 0.326 e. The van der Waals surface area contributed by atoms with Crippen LogP contribution in [0.15, 0.2) is 48.5 Å². The second-order valence-corrected chi connectivity index (χ2v) is 7.20. The molecule has 3 rings (SSSR count). The average molecular weight is 386 g/mol. The van der Waals surface area contributed by atoms with E-state index in [4.69, 9.17) is 11.6 Å². The Kier molecular flexibility index (Phi) is 6.85. The molecule has 0 radical (unpaired) electrons. The number of nitrogens with one attached hydrogen (secondary N) is 3. The number of hydrogen-bond donors (Lipinski definition) is 3. The molecule has 1 heterocycles. The lowest BCUT2D eigenvalue weighted by molar-refractivity contribution is -0.116. The summed E-state index contributed by atoms with van der Waals surface area (Å²) in [6.07, 6.45) is 3.62. The minimum absolute atomic E-state index is 0.0368. The third-order valence-corrected chi connectivity index (χ3v) is 5.09. The molecular formula is C21H24ClN3O2. The Balaban J connectivity index is 1.58. The summed E-state index contributed by atoms with van der Waals surface area (Å²) in [7, 11) is 0. The maximum absolute atomic E-state index is 12.5. The highest BCUT2D eigenvalue weighted by Crippen LogP contribution is 2.23. The van der Waals surface area contributed by atoms with E-state index in [2.05, 4.69) is 16.0 Å². The summed E-state index contributed by atoms with van der Waals surface area (Å²) in [5.74, 6) is 0.261. The number of piperidine rings is 1. The van der Waals surface area contributed by atoms with Gasteiger partial charge in [0, 0.05) is 17.8 Å². The van der Waals surface area contributed by atoms with E-state index in [1.807, 2.05) is 18.2 Å². The van der Waals surface area contributed by atoms with Gasteiger partial charge < -0.3 is 16.0 Å². The van der Waals surface area contributed by atoms with E-state index in [0.29, 0.717) is 34.3 Å². The van der Waals surface area contributed by atoms with Gasteiger partial charge in [0.15, 0.2) is 0 Å². The van der Waals surface area contributed by atoms with E-state index in [0.717, 1.165) is 32.4 Å². The van der Waals surface area contributed by atoms with Crippen molar-refractivity contribution in [3.63, 3.8) is 0 Å². The number of carbonyl (C=O) groups is 2. The van der Waals surface area contributed by atoms with Crippen molar-refractivity contribution in [1.82, 2.24) is 5.32 Å². The Hall–Kier alpha value is -2.37. The molecule has 0 bridgehead atoms. The Bertz CT molecular complexity index is 789. The first-order valence-electron chi connectivity index (χ1n) is 9.28. The predicted octanol–water partition coefficient (Wildman–Crippen LogP) is 4.31. The van der Waals surface area contributed by atoms with Crippen LogP contribution in [0.2, 0.25) is 5.02 Å². The smallest absolute Gasteiger partial charge is 0.257 e. The van der Waals surface area contributed by atoms with Gasteiger partial charge in [-0.25, -0.2) is 0 Å². The highest BCUT2D eigenvalue weighted by Gasteiger charge is 2.16.